The summed E-state index contributed by atoms with van der Waals surface area (Å²) >= 11 is 0. The van der Waals surface area contributed by atoms with Crippen LogP contribution in [0.25, 0.3) is 77.1 Å². The van der Waals surface area contributed by atoms with E-state index >= 15 is 0 Å². The standard InChI is InChI=1S/C45H40B4O15/c1-13(11-50)21-28(35(55)20(54)12-51)32(47)30-26-25(39(59)42(62)43(63)44(26)64-45(30)40(21)60)22-14-6-2-4-8-16(14)23(17-9-5-3-7-15(17)22)29-31(46)27(33(48)34(49)37(29)57)24-18(52)10-19(53)36(56)41(61)38(24)58/h2-9,13,50-63H,10-12,46-49H2,1H3/b35-20-. The van der Waals surface area contributed by atoms with Gasteiger partial charge < -0.3 is 75.9 Å². The Hall–Kier alpha value is -7.62. The highest BCUT2D eigenvalue weighted by Gasteiger charge is 2.35. The minimum atomic E-state index is -1.08. The van der Waals surface area contributed by atoms with Crippen molar-refractivity contribution in [2.75, 3.05) is 13.2 Å². The van der Waals surface area contributed by atoms with Gasteiger partial charge in [-0.2, -0.15) is 0 Å². The van der Waals surface area contributed by atoms with Crippen LogP contribution in [0.3, 0.4) is 0 Å². The molecule has 1 unspecified atom stereocenters. The molecule has 1 atom stereocenters. The van der Waals surface area contributed by atoms with E-state index in [-0.39, 0.29) is 66.5 Å². The van der Waals surface area contributed by atoms with Crippen LogP contribution in [0, 0.1) is 0 Å². The molecule has 64 heavy (non-hydrogen) atoms. The number of phenolic OH excluding ortho intramolecular Hbond substituents is 5. The van der Waals surface area contributed by atoms with Gasteiger partial charge in [-0.25, -0.2) is 0 Å². The van der Waals surface area contributed by atoms with Crippen molar-refractivity contribution in [1.82, 2.24) is 0 Å². The number of hydrogen-bond acceptors (Lipinski definition) is 15. The molecule has 0 fully saturated rings. The molecule has 8 rings (SSSR count). The molecule has 1 aliphatic rings. The maximum atomic E-state index is 12.2. The van der Waals surface area contributed by atoms with Crippen molar-refractivity contribution in [3.05, 3.63) is 99.8 Å². The van der Waals surface area contributed by atoms with Crippen LogP contribution < -0.4 is 21.9 Å². The molecule has 14 N–H and O–H groups in total. The molecule has 1 aromatic heterocycles. The Kier molecular flexibility index (Phi) is 10.3. The van der Waals surface area contributed by atoms with E-state index in [0.29, 0.717) is 43.5 Å². The van der Waals surface area contributed by atoms with E-state index in [2.05, 4.69) is 0 Å². The van der Waals surface area contributed by atoms with E-state index in [1.54, 1.807) is 72.1 Å². The lowest BCUT2D eigenvalue weighted by atomic mass is 9.66. The van der Waals surface area contributed by atoms with E-state index in [9.17, 15) is 71.5 Å². The molecule has 1 aliphatic carbocycles. The Morgan fingerprint density at radius 2 is 1.08 bits per heavy atom. The summed E-state index contributed by atoms with van der Waals surface area (Å²) in [7, 11) is 6.37. The fourth-order valence-corrected chi connectivity index (χ4v) is 9.31. The number of benzene rings is 6. The third-order valence-electron chi connectivity index (χ3n) is 12.5. The molecule has 0 spiro atoms. The molecular weight excluding hydrogens is 824 g/mol. The van der Waals surface area contributed by atoms with Gasteiger partial charge in [0.05, 0.1) is 12.0 Å². The lowest BCUT2D eigenvalue weighted by Crippen LogP contribution is -2.37. The Bertz CT molecular complexity index is 3310. The normalized spacial score (nSPS) is 14.6. The lowest BCUT2D eigenvalue weighted by Gasteiger charge is -2.25. The first kappa shape index (κ1) is 43.0. The average Bonchev–Trinajstić information content (AvgIpc) is 3.67. The zero-order chi connectivity index (χ0) is 46.5. The maximum Gasteiger partial charge on any atom is 0.205 e. The summed E-state index contributed by atoms with van der Waals surface area (Å²) in [6.07, 6.45) is -0.650. The topological polar surface area (TPSA) is 296 Å². The number of aliphatic hydroxyl groups excluding tert-OH is 9. The first-order valence-corrected chi connectivity index (χ1v) is 20.0. The third kappa shape index (κ3) is 5.88. The predicted molar refractivity (Wildman–Crippen MR) is 254 cm³/mol. The highest BCUT2D eigenvalue weighted by molar-refractivity contribution is 6.56. The molecule has 1 heterocycles. The van der Waals surface area contributed by atoms with Crippen LogP contribution in [-0.2, 0) is 0 Å². The van der Waals surface area contributed by atoms with Crippen molar-refractivity contribution in [2.45, 2.75) is 19.3 Å². The fraction of sp³-hybridized carbons (Fsp3) is 0.111. The SMILES string of the molecule is Bc1c(B)c(C2=C(O)CC(O)=C(O)C(O)=C2O)c(B)c(-c2c3ccccc3c(-c3c(O)c(O)c(O)c4oc5c(O)c(C(C)CO)c(/C(O)=C(/O)CO)c(B)c5c34)c3ccccc23)c1O. The van der Waals surface area contributed by atoms with Gasteiger partial charge in [-0.3, -0.25) is 0 Å². The lowest BCUT2D eigenvalue weighted by molar-refractivity contribution is 0.245. The van der Waals surface area contributed by atoms with Crippen molar-refractivity contribution in [1.29, 1.82) is 0 Å². The van der Waals surface area contributed by atoms with Crippen molar-refractivity contribution >= 4 is 108 Å². The highest BCUT2D eigenvalue weighted by Crippen LogP contribution is 2.57. The van der Waals surface area contributed by atoms with Gasteiger partial charge in [-0.05, 0) is 27.1 Å². The van der Waals surface area contributed by atoms with Crippen LogP contribution >= 0.6 is 0 Å². The average molecular weight is 864 g/mol. The minimum absolute atomic E-state index is 0.0120. The number of allylic oxidation sites excluding steroid dienone is 1. The second kappa shape index (κ2) is 15.3. The third-order valence-corrected chi connectivity index (χ3v) is 12.5. The van der Waals surface area contributed by atoms with Crippen LogP contribution in [0.1, 0.15) is 36.0 Å². The van der Waals surface area contributed by atoms with Gasteiger partial charge in [0.25, 0.3) is 0 Å². The Morgan fingerprint density at radius 1 is 0.547 bits per heavy atom. The number of rotatable bonds is 7. The largest absolute Gasteiger partial charge is 0.511 e. The molecule has 0 aliphatic heterocycles. The first-order valence-electron chi connectivity index (χ1n) is 20.0. The molecule has 0 amide bonds. The maximum absolute atomic E-state index is 12.2. The molecule has 6 aromatic carbocycles. The zero-order valence-corrected chi connectivity index (χ0v) is 35.0. The second-order valence-corrected chi connectivity index (χ2v) is 16.0. The quantitative estimate of drug-likeness (QED) is 0.0472. The number of aliphatic hydroxyl groups is 9. The van der Waals surface area contributed by atoms with Gasteiger partial charge in [-0.15, -0.1) is 0 Å². The number of hydrogen-bond donors (Lipinski definition) is 14. The van der Waals surface area contributed by atoms with Gasteiger partial charge in [0.1, 0.15) is 55.3 Å². The van der Waals surface area contributed by atoms with E-state index in [1.807, 2.05) is 0 Å². The van der Waals surface area contributed by atoms with Crippen LogP contribution in [-0.4, -0.2) is 116 Å². The zero-order valence-electron chi connectivity index (χ0n) is 35.0. The van der Waals surface area contributed by atoms with Crippen LogP contribution in [0.5, 0.6) is 28.7 Å². The Morgan fingerprint density at radius 3 is 1.61 bits per heavy atom. The molecule has 0 saturated heterocycles. The molecule has 19 heteroatoms. The van der Waals surface area contributed by atoms with Crippen molar-refractivity contribution in [3.8, 4) is 51.0 Å². The second-order valence-electron chi connectivity index (χ2n) is 16.0. The summed E-state index contributed by atoms with van der Waals surface area (Å²) < 4.78 is 6.14. The van der Waals surface area contributed by atoms with Gasteiger partial charge in [0, 0.05) is 56.7 Å². The van der Waals surface area contributed by atoms with Crippen molar-refractivity contribution in [2.24, 2.45) is 0 Å². The number of fused-ring (bicyclic) bond motifs is 5. The van der Waals surface area contributed by atoms with Crippen LogP contribution in [0.2, 0.25) is 0 Å². The molecule has 15 nitrogen and oxygen atoms in total. The van der Waals surface area contributed by atoms with Gasteiger partial charge in [0.2, 0.25) is 17.3 Å². The molecule has 0 bridgehead atoms. The summed E-state index contributed by atoms with van der Waals surface area (Å²) in [6, 6.07) is 13.7. The summed E-state index contributed by atoms with van der Waals surface area (Å²) in [4.78, 5) is 0. The highest BCUT2D eigenvalue weighted by atomic mass is 16.4. The number of furan rings is 1. The van der Waals surface area contributed by atoms with E-state index in [4.69, 9.17) is 4.42 Å². The van der Waals surface area contributed by atoms with E-state index < -0.39 is 94.4 Å². The van der Waals surface area contributed by atoms with Gasteiger partial charge in [0.15, 0.2) is 45.7 Å². The molecule has 7 aromatic rings. The number of aromatic hydroxyl groups is 5. The van der Waals surface area contributed by atoms with Crippen molar-refractivity contribution in [3.63, 3.8) is 0 Å². The van der Waals surface area contributed by atoms with E-state index in [1.165, 1.54) is 14.8 Å². The molecular formula is C45H40B4O15. The first-order chi connectivity index (χ1) is 30.3. The Balaban J connectivity index is 1.58. The predicted octanol–water partition coefficient (Wildman–Crippen LogP) is 1.99. The summed E-state index contributed by atoms with van der Waals surface area (Å²) in [5.41, 5.74) is 0.851. The molecule has 322 valence electrons. The molecule has 0 radical (unpaired) electrons. The summed E-state index contributed by atoms with van der Waals surface area (Å²) in [5.74, 6) is -10.5. The number of phenols is 5. The Labute approximate surface area is 366 Å². The smallest absolute Gasteiger partial charge is 0.205 e. The minimum Gasteiger partial charge on any atom is -0.511 e. The van der Waals surface area contributed by atoms with Crippen LogP contribution in [0.4, 0.5) is 0 Å². The van der Waals surface area contributed by atoms with Crippen LogP contribution in [0.15, 0.2) is 87.5 Å². The fourth-order valence-electron chi connectivity index (χ4n) is 9.31. The summed E-state index contributed by atoms with van der Waals surface area (Å²) in [6.45, 7) is -0.00290. The van der Waals surface area contributed by atoms with E-state index in [0.717, 1.165) is 0 Å². The monoisotopic (exact) mass is 864 g/mol. The van der Waals surface area contributed by atoms with Gasteiger partial charge in [-0.1, -0.05) is 77.3 Å². The van der Waals surface area contributed by atoms with Crippen molar-refractivity contribution < 1.29 is 75.9 Å². The van der Waals surface area contributed by atoms with Gasteiger partial charge >= 0.3 is 0 Å². The molecule has 0 saturated carbocycles. The summed E-state index contributed by atoms with van der Waals surface area (Å²) in [5, 5.41) is 157.